The smallest absolute Gasteiger partial charge is 0.237 e. The molecule has 9 heteroatoms. The summed E-state index contributed by atoms with van der Waals surface area (Å²) in [7, 11) is 0. The summed E-state index contributed by atoms with van der Waals surface area (Å²) in [5, 5.41) is 13.4. The minimum absolute atomic E-state index is 0. The van der Waals surface area contributed by atoms with E-state index in [9.17, 15) is 18.7 Å². The highest BCUT2D eigenvalue weighted by Gasteiger charge is 2.34. The number of nitrogens with two attached hydrogens (primary N) is 1. The number of β-amino-alcohol motifs (C(OH)–C–C–N with tert-alkyl or cyclic N) is 1. The molecule has 3 atom stereocenters. The van der Waals surface area contributed by atoms with Crippen LogP contribution < -0.4 is 11.1 Å². The van der Waals surface area contributed by atoms with Crippen molar-refractivity contribution < 1.29 is 18.7 Å². The molecule has 162 valence electrons. The SMILES string of the molecule is CC(C)(C)NC(=O)[C@@H]1CCCN1C[C@H](O)[C@H](N)Cc1cc(F)ccc1F.Cl.Cl. The molecule has 0 aliphatic carbocycles. The van der Waals surface area contributed by atoms with Crippen molar-refractivity contribution >= 4 is 30.7 Å². The van der Waals surface area contributed by atoms with Crippen LogP contribution in [0.2, 0.25) is 0 Å². The number of benzene rings is 1. The van der Waals surface area contributed by atoms with Gasteiger partial charge in [0.2, 0.25) is 5.91 Å². The van der Waals surface area contributed by atoms with Crippen LogP contribution in [-0.4, -0.2) is 52.7 Å². The molecular formula is C19H31Cl2F2N3O2. The number of amides is 1. The van der Waals surface area contributed by atoms with Crippen molar-refractivity contribution in [2.24, 2.45) is 5.73 Å². The number of hydrogen-bond donors (Lipinski definition) is 3. The minimum atomic E-state index is -0.944. The van der Waals surface area contributed by atoms with Crippen LogP contribution in [0.5, 0.6) is 0 Å². The molecule has 1 saturated heterocycles. The van der Waals surface area contributed by atoms with Gasteiger partial charge in [-0.1, -0.05) is 0 Å². The van der Waals surface area contributed by atoms with Crippen molar-refractivity contribution in [3.8, 4) is 0 Å². The van der Waals surface area contributed by atoms with Gasteiger partial charge < -0.3 is 16.2 Å². The number of nitrogens with zero attached hydrogens (tertiary/aromatic N) is 1. The van der Waals surface area contributed by atoms with E-state index in [4.69, 9.17) is 5.73 Å². The number of aliphatic hydroxyl groups excluding tert-OH is 1. The Morgan fingerprint density at radius 3 is 2.61 bits per heavy atom. The van der Waals surface area contributed by atoms with Crippen molar-refractivity contribution in [2.75, 3.05) is 13.1 Å². The number of hydrogen-bond acceptors (Lipinski definition) is 4. The second kappa shape index (κ2) is 11.3. The summed E-state index contributed by atoms with van der Waals surface area (Å²) in [4.78, 5) is 14.3. The number of carbonyl (C=O) groups is 1. The third kappa shape index (κ3) is 7.79. The zero-order valence-corrected chi connectivity index (χ0v) is 18.1. The number of aliphatic hydroxyl groups is 1. The van der Waals surface area contributed by atoms with Crippen molar-refractivity contribution in [2.45, 2.75) is 63.8 Å². The molecule has 1 aromatic rings. The third-order valence-corrected chi connectivity index (χ3v) is 4.54. The van der Waals surface area contributed by atoms with Gasteiger partial charge in [-0.05, 0) is 70.3 Å². The fourth-order valence-corrected chi connectivity index (χ4v) is 3.26. The zero-order chi connectivity index (χ0) is 19.5. The molecule has 0 unspecified atom stereocenters. The number of likely N-dealkylation sites (tertiary alicyclic amines) is 1. The van der Waals surface area contributed by atoms with Crippen LogP contribution >= 0.6 is 24.8 Å². The summed E-state index contributed by atoms with van der Waals surface area (Å²) < 4.78 is 27.0. The lowest BCUT2D eigenvalue weighted by atomic mass is 10.0. The van der Waals surface area contributed by atoms with Crippen molar-refractivity contribution in [3.63, 3.8) is 0 Å². The van der Waals surface area contributed by atoms with Crippen LogP contribution in [0.15, 0.2) is 18.2 Å². The van der Waals surface area contributed by atoms with Gasteiger partial charge in [-0.3, -0.25) is 9.69 Å². The lowest BCUT2D eigenvalue weighted by molar-refractivity contribution is -0.127. The minimum Gasteiger partial charge on any atom is -0.390 e. The maximum Gasteiger partial charge on any atom is 0.237 e. The Labute approximate surface area is 177 Å². The van der Waals surface area contributed by atoms with Gasteiger partial charge in [0.05, 0.1) is 12.1 Å². The normalized spacial score (nSPS) is 19.3. The highest BCUT2D eigenvalue weighted by Crippen LogP contribution is 2.20. The predicted octanol–water partition coefficient (Wildman–Crippen LogP) is 2.42. The summed E-state index contributed by atoms with van der Waals surface area (Å²) in [6, 6.07) is 2.14. The second-order valence-corrected chi connectivity index (χ2v) is 8.06. The second-order valence-electron chi connectivity index (χ2n) is 8.06. The van der Waals surface area contributed by atoms with Crippen molar-refractivity contribution in [3.05, 3.63) is 35.4 Å². The number of halogens is 4. The van der Waals surface area contributed by atoms with E-state index in [0.717, 1.165) is 31.0 Å². The van der Waals surface area contributed by atoms with Crippen LogP contribution in [0.4, 0.5) is 8.78 Å². The Bertz CT molecular complexity index is 644. The molecule has 0 bridgehead atoms. The summed E-state index contributed by atoms with van der Waals surface area (Å²) >= 11 is 0. The molecular weight excluding hydrogens is 411 g/mol. The molecule has 0 spiro atoms. The molecule has 1 amide bonds. The average molecular weight is 442 g/mol. The monoisotopic (exact) mass is 441 g/mol. The molecule has 0 radical (unpaired) electrons. The summed E-state index contributed by atoms with van der Waals surface area (Å²) in [6.07, 6.45) is 0.670. The Balaban J connectivity index is 0.00000364. The van der Waals surface area contributed by atoms with Crippen LogP contribution in [0, 0.1) is 11.6 Å². The number of rotatable bonds is 6. The molecule has 4 N–H and O–H groups in total. The van der Waals surface area contributed by atoms with E-state index < -0.39 is 23.8 Å². The van der Waals surface area contributed by atoms with E-state index in [1.165, 1.54) is 0 Å². The Hall–Kier alpha value is -0.990. The third-order valence-electron chi connectivity index (χ3n) is 4.54. The first-order valence-electron chi connectivity index (χ1n) is 9.00. The molecule has 0 aromatic heterocycles. The molecule has 2 rings (SSSR count). The van der Waals surface area contributed by atoms with Gasteiger partial charge in [0.15, 0.2) is 0 Å². The van der Waals surface area contributed by atoms with Crippen LogP contribution in [0.3, 0.4) is 0 Å². The van der Waals surface area contributed by atoms with E-state index >= 15 is 0 Å². The first kappa shape index (κ1) is 27.0. The molecule has 1 aromatic carbocycles. The summed E-state index contributed by atoms with van der Waals surface area (Å²) in [5.41, 5.74) is 5.82. The van der Waals surface area contributed by atoms with Gasteiger partial charge >= 0.3 is 0 Å². The molecule has 0 saturated carbocycles. The molecule has 1 aliphatic rings. The Morgan fingerprint density at radius 2 is 2.00 bits per heavy atom. The molecule has 5 nitrogen and oxygen atoms in total. The maximum absolute atomic E-state index is 13.8. The zero-order valence-electron chi connectivity index (χ0n) is 16.5. The molecule has 1 heterocycles. The van der Waals surface area contributed by atoms with E-state index in [1.807, 2.05) is 25.7 Å². The lowest BCUT2D eigenvalue weighted by Gasteiger charge is -2.31. The van der Waals surface area contributed by atoms with Crippen LogP contribution in [-0.2, 0) is 11.2 Å². The van der Waals surface area contributed by atoms with E-state index in [1.54, 1.807) is 0 Å². The molecule has 1 fully saturated rings. The van der Waals surface area contributed by atoms with Crippen molar-refractivity contribution in [1.82, 2.24) is 10.2 Å². The van der Waals surface area contributed by atoms with E-state index in [0.29, 0.717) is 6.54 Å². The Morgan fingerprint density at radius 1 is 1.36 bits per heavy atom. The van der Waals surface area contributed by atoms with Gasteiger partial charge in [0.1, 0.15) is 11.6 Å². The molecule has 28 heavy (non-hydrogen) atoms. The molecule has 1 aliphatic heterocycles. The largest absolute Gasteiger partial charge is 0.390 e. The van der Waals surface area contributed by atoms with Crippen LogP contribution in [0.1, 0.15) is 39.2 Å². The highest BCUT2D eigenvalue weighted by molar-refractivity contribution is 5.85. The standard InChI is InChI=1S/C19H29F2N3O2.2ClH/c1-19(2,3)23-18(26)16-5-4-8-24(16)11-17(25)15(22)10-12-9-13(20)6-7-14(12)21;;/h6-7,9,15-17,25H,4-5,8,10-11,22H2,1-3H3,(H,23,26);2*1H/t15-,16+,17+;;/m1../s1. The maximum atomic E-state index is 13.8. The van der Waals surface area contributed by atoms with Gasteiger partial charge in [-0.15, -0.1) is 24.8 Å². The van der Waals surface area contributed by atoms with E-state index in [2.05, 4.69) is 5.32 Å². The Kier molecular flexibility index (Phi) is 10.9. The fraction of sp³-hybridized carbons (Fsp3) is 0.632. The van der Waals surface area contributed by atoms with Gasteiger partial charge in [0, 0.05) is 18.1 Å². The quantitative estimate of drug-likeness (QED) is 0.633. The first-order valence-corrected chi connectivity index (χ1v) is 9.00. The average Bonchev–Trinajstić information content (AvgIpc) is 2.97. The topological polar surface area (TPSA) is 78.6 Å². The van der Waals surface area contributed by atoms with Crippen LogP contribution in [0.25, 0.3) is 0 Å². The number of nitrogens with one attached hydrogen (secondary N) is 1. The fourth-order valence-electron chi connectivity index (χ4n) is 3.26. The van der Waals surface area contributed by atoms with Gasteiger partial charge in [-0.25, -0.2) is 8.78 Å². The highest BCUT2D eigenvalue weighted by atomic mass is 35.5. The van der Waals surface area contributed by atoms with E-state index in [-0.39, 0.29) is 60.8 Å². The number of carbonyl (C=O) groups excluding carboxylic acids is 1. The lowest BCUT2D eigenvalue weighted by Crippen LogP contribution is -2.53. The first-order chi connectivity index (χ1) is 12.1. The van der Waals surface area contributed by atoms with Gasteiger partial charge in [0.25, 0.3) is 0 Å². The van der Waals surface area contributed by atoms with Gasteiger partial charge in [-0.2, -0.15) is 0 Å². The van der Waals surface area contributed by atoms with Crippen molar-refractivity contribution in [1.29, 1.82) is 0 Å². The summed E-state index contributed by atoms with van der Waals surface area (Å²) in [6.45, 7) is 6.67. The summed E-state index contributed by atoms with van der Waals surface area (Å²) in [5.74, 6) is -1.15. The predicted molar refractivity (Wildman–Crippen MR) is 111 cm³/mol.